The van der Waals surface area contributed by atoms with Gasteiger partial charge in [-0.15, -0.1) is 0 Å². The van der Waals surface area contributed by atoms with Gasteiger partial charge in [-0.1, -0.05) is 25.8 Å². The molecule has 1 aromatic carbocycles. The number of carboxylic acids is 1. The van der Waals surface area contributed by atoms with Crippen LogP contribution in [0.3, 0.4) is 0 Å². The van der Waals surface area contributed by atoms with Crippen LogP contribution in [0.4, 0.5) is 8.78 Å². The van der Waals surface area contributed by atoms with E-state index in [1.165, 1.54) is 13.0 Å². The highest BCUT2D eigenvalue weighted by Crippen LogP contribution is 2.16. The van der Waals surface area contributed by atoms with E-state index in [2.05, 4.69) is 5.32 Å². The summed E-state index contributed by atoms with van der Waals surface area (Å²) in [6, 6.07) is 1.05. The smallest absolute Gasteiger partial charge is 0.326 e. The Labute approximate surface area is 115 Å². The van der Waals surface area contributed by atoms with Crippen LogP contribution in [0.25, 0.3) is 0 Å². The average molecular weight is 285 g/mol. The van der Waals surface area contributed by atoms with Crippen molar-refractivity contribution in [3.05, 3.63) is 34.9 Å². The van der Waals surface area contributed by atoms with Gasteiger partial charge in [0.05, 0.1) is 0 Å². The normalized spacial score (nSPS) is 12.0. The maximum Gasteiger partial charge on any atom is 0.326 e. The molecule has 0 heterocycles. The largest absolute Gasteiger partial charge is 0.480 e. The summed E-state index contributed by atoms with van der Waals surface area (Å²) in [6.07, 6.45) is 1.56. The number of nitrogens with one attached hydrogen (secondary N) is 1. The molecular formula is C14H17F2NO3. The van der Waals surface area contributed by atoms with Crippen molar-refractivity contribution in [2.45, 2.75) is 39.2 Å². The lowest BCUT2D eigenvalue weighted by Gasteiger charge is -2.15. The van der Waals surface area contributed by atoms with Crippen molar-refractivity contribution in [2.75, 3.05) is 0 Å². The fourth-order valence-electron chi connectivity index (χ4n) is 1.76. The second kappa shape index (κ2) is 6.98. The van der Waals surface area contributed by atoms with E-state index < -0.39 is 35.1 Å². The number of benzene rings is 1. The molecule has 0 saturated carbocycles. The van der Waals surface area contributed by atoms with E-state index >= 15 is 0 Å². The summed E-state index contributed by atoms with van der Waals surface area (Å²) in [7, 11) is 0. The van der Waals surface area contributed by atoms with Crippen LogP contribution in [-0.2, 0) is 4.79 Å². The standard InChI is InChI=1S/C14H17F2NO3/c1-3-4-5-10(14(19)20)17-13(18)11-9(15)7-6-8(2)12(11)16/h6-7,10H,3-5H2,1-2H3,(H,17,18)(H,19,20). The molecule has 0 aliphatic carbocycles. The number of rotatable bonds is 6. The Morgan fingerprint density at radius 3 is 2.55 bits per heavy atom. The Bertz CT molecular complexity index is 517. The number of carboxylic acid groups (broad SMARTS) is 1. The number of hydrogen-bond acceptors (Lipinski definition) is 2. The predicted molar refractivity (Wildman–Crippen MR) is 69.5 cm³/mol. The van der Waals surface area contributed by atoms with E-state index in [-0.39, 0.29) is 12.0 Å². The Kier molecular flexibility index (Phi) is 5.61. The molecular weight excluding hydrogens is 268 g/mol. The summed E-state index contributed by atoms with van der Waals surface area (Å²) in [5, 5.41) is 11.1. The van der Waals surface area contributed by atoms with Crippen molar-refractivity contribution in [3.63, 3.8) is 0 Å². The summed E-state index contributed by atoms with van der Waals surface area (Å²) in [4.78, 5) is 22.9. The van der Waals surface area contributed by atoms with Gasteiger partial charge < -0.3 is 10.4 Å². The molecule has 0 fully saturated rings. The van der Waals surface area contributed by atoms with Gasteiger partial charge in [-0.2, -0.15) is 0 Å². The van der Waals surface area contributed by atoms with Crippen LogP contribution < -0.4 is 5.32 Å². The van der Waals surface area contributed by atoms with Gasteiger partial charge in [0.1, 0.15) is 23.2 Å². The van der Waals surface area contributed by atoms with E-state index in [9.17, 15) is 18.4 Å². The summed E-state index contributed by atoms with van der Waals surface area (Å²) in [5.74, 6) is -4.25. The van der Waals surface area contributed by atoms with E-state index in [0.29, 0.717) is 6.42 Å². The van der Waals surface area contributed by atoms with Gasteiger partial charge in [-0.05, 0) is 25.0 Å². The van der Waals surface area contributed by atoms with Crippen molar-refractivity contribution in [2.24, 2.45) is 0 Å². The highest BCUT2D eigenvalue weighted by molar-refractivity contribution is 5.97. The molecule has 6 heteroatoms. The fourth-order valence-corrected chi connectivity index (χ4v) is 1.76. The predicted octanol–water partition coefficient (Wildman–Crippen LogP) is 2.65. The van der Waals surface area contributed by atoms with Gasteiger partial charge in [0.15, 0.2) is 0 Å². The Morgan fingerprint density at radius 2 is 2.00 bits per heavy atom. The number of carbonyl (C=O) groups is 2. The van der Waals surface area contributed by atoms with E-state index in [0.717, 1.165) is 12.5 Å². The highest BCUT2D eigenvalue weighted by Gasteiger charge is 2.24. The molecule has 1 atom stereocenters. The number of aryl methyl sites for hydroxylation is 1. The van der Waals surface area contributed by atoms with Crippen LogP contribution >= 0.6 is 0 Å². The van der Waals surface area contributed by atoms with Crippen molar-refractivity contribution in [1.82, 2.24) is 5.32 Å². The van der Waals surface area contributed by atoms with Crippen molar-refractivity contribution < 1.29 is 23.5 Å². The molecule has 1 aromatic rings. The maximum absolute atomic E-state index is 13.8. The van der Waals surface area contributed by atoms with Gasteiger partial charge in [0.2, 0.25) is 0 Å². The summed E-state index contributed by atoms with van der Waals surface area (Å²) in [6.45, 7) is 3.28. The topological polar surface area (TPSA) is 66.4 Å². The lowest BCUT2D eigenvalue weighted by atomic mass is 10.1. The van der Waals surface area contributed by atoms with E-state index in [4.69, 9.17) is 5.11 Å². The van der Waals surface area contributed by atoms with Crippen LogP contribution in [0, 0.1) is 18.6 Å². The molecule has 110 valence electrons. The third-order valence-corrected chi connectivity index (χ3v) is 2.96. The number of halogens is 2. The zero-order valence-electron chi connectivity index (χ0n) is 11.4. The number of carbonyl (C=O) groups excluding carboxylic acids is 1. The minimum absolute atomic E-state index is 0.122. The second-order valence-electron chi connectivity index (χ2n) is 4.56. The second-order valence-corrected chi connectivity index (χ2v) is 4.56. The van der Waals surface area contributed by atoms with Gasteiger partial charge in [-0.25, -0.2) is 13.6 Å². The van der Waals surface area contributed by atoms with Crippen LogP contribution in [0.2, 0.25) is 0 Å². The van der Waals surface area contributed by atoms with Crippen LogP contribution in [-0.4, -0.2) is 23.0 Å². The Morgan fingerprint density at radius 1 is 1.35 bits per heavy atom. The van der Waals surface area contributed by atoms with E-state index in [1.54, 1.807) is 0 Å². The molecule has 20 heavy (non-hydrogen) atoms. The summed E-state index contributed by atoms with van der Waals surface area (Å²) < 4.78 is 27.3. The van der Waals surface area contributed by atoms with Crippen molar-refractivity contribution in [3.8, 4) is 0 Å². The van der Waals surface area contributed by atoms with Crippen LogP contribution in [0.1, 0.15) is 42.1 Å². The number of unbranched alkanes of at least 4 members (excludes halogenated alkanes) is 1. The van der Waals surface area contributed by atoms with Crippen LogP contribution in [0.5, 0.6) is 0 Å². The molecule has 4 nitrogen and oxygen atoms in total. The zero-order valence-corrected chi connectivity index (χ0v) is 11.4. The highest BCUT2D eigenvalue weighted by atomic mass is 19.1. The zero-order chi connectivity index (χ0) is 15.3. The minimum Gasteiger partial charge on any atom is -0.480 e. The van der Waals surface area contributed by atoms with Crippen LogP contribution in [0.15, 0.2) is 12.1 Å². The quantitative estimate of drug-likeness (QED) is 0.844. The first-order valence-corrected chi connectivity index (χ1v) is 6.36. The lowest BCUT2D eigenvalue weighted by molar-refractivity contribution is -0.139. The monoisotopic (exact) mass is 285 g/mol. The molecule has 0 aromatic heterocycles. The minimum atomic E-state index is -1.22. The Balaban J connectivity index is 2.95. The first-order chi connectivity index (χ1) is 9.38. The van der Waals surface area contributed by atoms with Crippen molar-refractivity contribution in [1.29, 1.82) is 0 Å². The molecule has 0 aliphatic heterocycles. The van der Waals surface area contributed by atoms with E-state index in [1.807, 2.05) is 6.92 Å². The lowest BCUT2D eigenvalue weighted by Crippen LogP contribution is -2.41. The summed E-state index contributed by atoms with van der Waals surface area (Å²) >= 11 is 0. The third-order valence-electron chi connectivity index (χ3n) is 2.96. The first-order valence-electron chi connectivity index (χ1n) is 6.36. The Hall–Kier alpha value is -1.98. The third kappa shape index (κ3) is 3.76. The molecule has 1 amide bonds. The molecule has 0 spiro atoms. The SMILES string of the molecule is CCCCC(NC(=O)c1c(F)ccc(C)c1F)C(=O)O. The molecule has 0 radical (unpaired) electrons. The fraction of sp³-hybridized carbons (Fsp3) is 0.429. The average Bonchev–Trinajstić information content (AvgIpc) is 2.39. The molecule has 1 unspecified atom stereocenters. The van der Waals surface area contributed by atoms with Crippen molar-refractivity contribution >= 4 is 11.9 Å². The molecule has 2 N–H and O–H groups in total. The number of aliphatic carboxylic acids is 1. The summed E-state index contributed by atoms with van der Waals surface area (Å²) in [5.41, 5.74) is -0.621. The molecule has 1 rings (SSSR count). The van der Waals surface area contributed by atoms with Gasteiger partial charge >= 0.3 is 5.97 Å². The molecule has 0 saturated heterocycles. The maximum atomic E-state index is 13.8. The van der Waals surface area contributed by atoms with Gasteiger partial charge in [0, 0.05) is 0 Å². The number of hydrogen-bond donors (Lipinski definition) is 2. The molecule has 0 aliphatic rings. The van der Waals surface area contributed by atoms with Gasteiger partial charge in [0.25, 0.3) is 5.91 Å². The number of amides is 1. The molecule has 0 bridgehead atoms. The first kappa shape index (κ1) is 16.1. The van der Waals surface area contributed by atoms with Gasteiger partial charge in [-0.3, -0.25) is 4.79 Å².